The maximum Gasteiger partial charge on any atom is 0.344 e. The zero-order valence-electron chi connectivity index (χ0n) is 10.1. The van der Waals surface area contributed by atoms with Crippen LogP contribution in [0.3, 0.4) is 0 Å². The van der Waals surface area contributed by atoms with E-state index in [9.17, 15) is 4.79 Å². The monoisotopic (exact) mass is 296 g/mol. The van der Waals surface area contributed by atoms with Crippen LogP contribution in [0, 0.1) is 0 Å². The number of hydrogen-bond acceptors (Lipinski definition) is 4. The molecule has 1 heterocycles. The maximum atomic E-state index is 11.7. The van der Waals surface area contributed by atoms with Gasteiger partial charge in [-0.05, 0) is 36.2 Å². The highest BCUT2D eigenvalue weighted by Crippen LogP contribution is 2.40. The summed E-state index contributed by atoms with van der Waals surface area (Å²) < 4.78 is 1.70. The fourth-order valence-corrected chi connectivity index (χ4v) is 3.30. The summed E-state index contributed by atoms with van der Waals surface area (Å²) in [7, 11) is 0. The summed E-state index contributed by atoms with van der Waals surface area (Å²) in [6.45, 7) is 0.404. The van der Waals surface area contributed by atoms with Crippen LogP contribution in [-0.4, -0.2) is 14.8 Å². The molecule has 1 fully saturated rings. The standard InChI is InChI=1S/C12H13ClN4OS/c13-9-3-1-2-7(6-14)10(9)19-12-16-15-11(18)17(12)8-4-5-8/h1-3,8H,4-6,14H2,(H,15,18). The molecule has 2 aromatic rings. The molecule has 3 rings (SSSR count). The molecule has 0 aliphatic heterocycles. The van der Waals surface area contributed by atoms with E-state index in [-0.39, 0.29) is 11.7 Å². The highest BCUT2D eigenvalue weighted by atomic mass is 35.5. The van der Waals surface area contributed by atoms with Gasteiger partial charge in [-0.15, -0.1) is 5.10 Å². The first-order valence-corrected chi connectivity index (χ1v) is 7.22. The fourth-order valence-electron chi connectivity index (χ4n) is 1.94. The van der Waals surface area contributed by atoms with Crippen molar-refractivity contribution in [2.24, 2.45) is 5.73 Å². The van der Waals surface area contributed by atoms with Gasteiger partial charge in [-0.2, -0.15) is 0 Å². The number of aromatic nitrogens is 3. The van der Waals surface area contributed by atoms with Crippen LogP contribution in [-0.2, 0) is 6.54 Å². The third kappa shape index (κ3) is 2.43. The van der Waals surface area contributed by atoms with Crippen LogP contribution in [0.5, 0.6) is 0 Å². The van der Waals surface area contributed by atoms with Crippen molar-refractivity contribution >= 4 is 23.4 Å². The Hall–Kier alpha value is -1.24. The third-order valence-electron chi connectivity index (χ3n) is 3.05. The van der Waals surface area contributed by atoms with Gasteiger partial charge in [0.1, 0.15) is 0 Å². The molecule has 0 radical (unpaired) electrons. The summed E-state index contributed by atoms with van der Waals surface area (Å²) in [5.41, 5.74) is 6.51. The average molecular weight is 297 g/mol. The number of halogens is 1. The van der Waals surface area contributed by atoms with Crippen molar-refractivity contribution in [2.45, 2.75) is 35.5 Å². The van der Waals surface area contributed by atoms with E-state index in [1.807, 2.05) is 18.2 Å². The summed E-state index contributed by atoms with van der Waals surface area (Å²) in [6, 6.07) is 5.89. The van der Waals surface area contributed by atoms with E-state index in [4.69, 9.17) is 17.3 Å². The lowest BCUT2D eigenvalue weighted by molar-refractivity contribution is 0.642. The predicted molar refractivity (Wildman–Crippen MR) is 74.6 cm³/mol. The Morgan fingerprint density at radius 2 is 2.32 bits per heavy atom. The number of nitrogens with zero attached hydrogens (tertiary/aromatic N) is 2. The number of nitrogens with one attached hydrogen (secondary N) is 1. The van der Waals surface area contributed by atoms with Gasteiger partial charge >= 0.3 is 5.69 Å². The molecule has 0 amide bonds. The smallest absolute Gasteiger partial charge is 0.326 e. The van der Waals surface area contributed by atoms with Gasteiger partial charge in [-0.3, -0.25) is 4.57 Å². The van der Waals surface area contributed by atoms with Gasteiger partial charge in [-0.1, -0.05) is 23.7 Å². The molecule has 0 bridgehead atoms. The number of nitrogens with two attached hydrogens (primary N) is 1. The number of H-pyrrole nitrogens is 1. The summed E-state index contributed by atoms with van der Waals surface area (Å²) in [4.78, 5) is 12.6. The van der Waals surface area contributed by atoms with Crippen LogP contribution in [0.4, 0.5) is 0 Å². The second-order valence-electron chi connectivity index (χ2n) is 4.45. The lowest BCUT2D eigenvalue weighted by Crippen LogP contribution is -2.16. The molecule has 1 saturated carbocycles. The maximum absolute atomic E-state index is 11.7. The van der Waals surface area contributed by atoms with E-state index in [0.717, 1.165) is 23.3 Å². The Kier molecular flexibility index (Phi) is 3.38. The summed E-state index contributed by atoms with van der Waals surface area (Å²) in [6.07, 6.45) is 2.05. The van der Waals surface area contributed by atoms with Crippen molar-refractivity contribution in [1.82, 2.24) is 14.8 Å². The lowest BCUT2D eigenvalue weighted by Gasteiger charge is -2.09. The van der Waals surface area contributed by atoms with Crippen molar-refractivity contribution in [3.05, 3.63) is 39.3 Å². The molecule has 0 unspecified atom stereocenters. The Morgan fingerprint density at radius 1 is 1.53 bits per heavy atom. The highest BCUT2D eigenvalue weighted by Gasteiger charge is 2.29. The zero-order chi connectivity index (χ0) is 13.4. The largest absolute Gasteiger partial charge is 0.344 e. The van der Waals surface area contributed by atoms with E-state index in [2.05, 4.69) is 10.2 Å². The molecule has 1 aliphatic carbocycles. The second kappa shape index (κ2) is 5.03. The molecule has 7 heteroatoms. The van der Waals surface area contributed by atoms with Crippen LogP contribution in [0.15, 0.2) is 33.0 Å². The van der Waals surface area contributed by atoms with Gasteiger partial charge in [0.15, 0.2) is 5.16 Å². The molecule has 0 spiro atoms. The molecule has 5 nitrogen and oxygen atoms in total. The molecule has 3 N–H and O–H groups in total. The van der Waals surface area contributed by atoms with Crippen LogP contribution in [0.2, 0.25) is 5.02 Å². The van der Waals surface area contributed by atoms with Crippen molar-refractivity contribution < 1.29 is 0 Å². The topological polar surface area (TPSA) is 76.7 Å². The number of hydrogen-bond donors (Lipinski definition) is 2. The summed E-state index contributed by atoms with van der Waals surface area (Å²) in [5, 5.41) is 7.85. The Bertz CT molecular complexity index is 662. The normalized spacial score (nSPS) is 14.8. The van der Waals surface area contributed by atoms with E-state index in [1.165, 1.54) is 11.8 Å². The molecule has 0 atom stereocenters. The van der Waals surface area contributed by atoms with Crippen molar-refractivity contribution in [1.29, 1.82) is 0 Å². The molecular weight excluding hydrogens is 284 g/mol. The van der Waals surface area contributed by atoms with E-state index >= 15 is 0 Å². The molecule has 19 heavy (non-hydrogen) atoms. The zero-order valence-corrected chi connectivity index (χ0v) is 11.7. The number of aromatic amines is 1. The predicted octanol–water partition coefficient (Wildman–Crippen LogP) is 2.17. The SMILES string of the molecule is NCc1cccc(Cl)c1Sc1n[nH]c(=O)n1C1CC1. The van der Waals surface area contributed by atoms with Gasteiger partial charge in [0.05, 0.1) is 5.02 Å². The Balaban J connectivity index is 2.00. The van der Waals surface area contributed by atoms with E-state index in [0.29, 0.717) is 16.7 Å². The summed E-state index contributed by atoms with van der Waals surface area (Å²) in [5.74, 6) is 0. The average Bonchev–Trinajstić information content (AvgIpc) is 3.17. The van der Waals surface area contributed by atoms with Gasteiger partial charge in [-0.25, -0.2) is 9.89 Å². The van der Waals surface area contributed by atoms with Crippen LogP contribution in [0.1, 0.15) is 24.4 Å². The first-order chi connectivity index (χ1) is 9.20. The van der Waals surface area contributed by atoms with Gasteiger partial charge in [0.25, 0.3) is 0 Å². The fraction of sp³-hybridized carbons (Fsp3) is 0.333. The van der Waals surface area contributed by atoms with Crippen molar-refractivity contribution in [3.63, 3.8) is 0 Å². The van der Waals surface area contributed by atoms with E-state index < -0.39 is 0 Å². The third-order valence-corrected chi connectivity index (χ3v) is 4.63. The molecule has 1 aromatic heterocycles. The molecule has 100 valence electrons. The molecule has 0 saturated heterocycles. The van der Waals surface area contributed by atoms with Gasteiger partial charge < -0.3 is 5.73 Å². The molecular formula is C12H13ClN4OS. The van der Waals surface area contributed by atoms with E-state index in [1.54, 1.807) is 4.57 Å². The minimum absolute atomic E-state index is 0.161. The highest BCUT2D eigenvalue weighted by molar-refractivity contribution is 7.99. The first-order valence-electron chi connectivity index (χ1n) is 6.03. The van der Waals surface area contributed by atoms with Crippen LogP contribution < -0.4 is 11.4 Å². The Labute approximate surface area is 119 Å². The first kappa shape index (κ1) is 12.8. The van der Waals surface area contributed by atoms with Crippen LogP contribution in [0.25, 0.3) is 0 Å². The van der Waals surface area contributed by atoms with Crippen molar-refractivity contribution in [2.75, 3.05) is 0 Å². The van der Waals surface area contributed by atoms with Crippen LogP contribution >= 0.6 is 23.4 Å². The number of benzene rings is 1. The lowest BCUT2D eigenvalue weighted by atomic mass is 10.2. The van der Waals surface area contributed by atoms with Gasteiger partial charge in [0, 0.05) is 17.5 Å². The minimum Gasteiger partial charge on any atom is -0.326 e. The summed E-state index contributed by atoms with van der Waals surface area (Å²) >= 11 is 7.60. The molecule has 1 aliphatic rings. The van der Waals surface area contributed by atoms with Gasteiger partial charge in [0.2, 0.25) is 0 Å². The minimum atomic E-state index is -0.161. The molecule has 1 aromatic carbocycles. The number of rotatable bonds is 4. The van der Waals surface area contributed by atoms with Crippen molar-refractivity contribution in [3.8, 4) is 0 Å². The quantitative estimate of drug-likeness (QED) is 0.906. The Morgan fingerprint density at radius 3 is 3.00 bits per heavy atom. The second-order valence-corrected chi connectivity index (χ2v) is 5.83.